The van der Waals surface area contributed by atoms with Gasteiger partial charge in [-0.05, 0) is 31.6 Å². The van der Waals surface area contributed by atoms with E-state index in [0.29, 0.717) is 6.04 Å². The number of nitrogens with zero attached hydrogens (tertiary/aromatic N) is 1. The molecule has 0 aromatic carbocycles. The Morgan fingerprint density at radius 2 is 1.92 bits per heavy atom. The average Bonchev–Trinajstić information content (AvgIpc) is 2.53. The van der Waals surface area contributed by atoms with Crippen LogP contribution in [0.1, 0.15) is 45.4 Å². The van der Waals surface area contributed by atoms with Gasteiger partial charge < -0.3 is 0 Å². The molecule has 2 fully saturated rings. The van der Waals surface area contributed by atoms with E-state index >= 15 is 0 Å². The van der Waals surface area contributed by atoms with Crippen LogP contribution in [0.4, 0.5) is 0 Å². The molecule has 0 atom stereocenters. The summed E-state index contributed by atoms with van der Waals surface area (Å²) in [4.78, 5) is 0. The van der Waals surface area contributed by atoms with E-state index in [1.165, 1.54) is 25.7 Å². The van der Waals surface area contributed by atoms with E-state index in [9.17, 15) is 0 Å². The smallest absolute Gasteiger partial charge is 0.107 e. The lowest BCUT2D eigenvalue weighted by molar-refractivity contribution is 0.156. The van der Waals surface area contributed by atoms with E-state index in [2.05, 4.69) is 18.3 Å². The zero-order chi connectivity index (χ0) is 9.31. The van der Waals surface area contributed by atoms with E-state index in [1.54, 1.807) is 0 Å². The van der Waals surface area contributed by atoms with Gasteiger partial charge in [0.2, 0.25) is 0 Å². The second-order valence-electron chi connectivity index (χ2n) is 4.83. The second-order valence-corrected chi connectivity index (χ2v) is 4.83. The van der Waals surface area contributed by atoms with Crippen molar-refractivity contribution in [3.8, 4) is 6.07 Å². The highest BCUT2D eigenvalue weighted by Gasteiger charge is 2.43. The topological polar surface area (TPSA) is 35.8 Å². The molecule has 72 valence electrons. The summed E-state index contributed by atoms with van der Waals surface area (Å²) in [6.45, 7) is 2.23. The number of nitriles is 1. The quantitative estimate of drug-likeness (QED) is 0.703. The monoisotopic (exact) mass is 178 g/mol. The summed E-state index contributed by atoms with van der Waals surface area (Å²) in [5.74, 6) is 0.744. The fourth-order valence-electron chi connectivity index (χ4n) is 2.83. The van der Waals surface area contributed by atoms with E-state index in [1.807, 2.05) is 0 Å². The van der Waals surface area contributed by atoms with Crippen molar-refractivity contribution in [2.45, 2.75) is 57.0 Å². The lowest BCUT2D eigenvalue weighted by Crippen LogP contribution is -2.56. The van der Waals surface area contributed by atoms with Crippen LogP contribution >= 0.6 is 0 Å². The minimum atomic E-state index is -0.144. The number of hydrogen-bond donors (Lipinski definition) is 1. The summed E-state index contributed by atoms with van der Waals surface area (Å²) in [5, 5.41) is 12.6. The van der Waals surface area contributed by atoms with Gasteiger partial charge in [0.05, 0.1) is 6.07 Å². The van der Waals surface area contributed by atoms with Crippen LogP contribution in [0.2, 0.25) is 0 Å². The van der Waals surface area contributed by atoms with Crippen molar-refractivity contribution in [2.75, 3.05) is 0 Å². The van der Waals surface area contributed by atoms with Gasteiger partial charge in [0.1, 0.15) is 5.54 Å². The van der Waals surface area contributed by atoms with E-state index in [4.69, 9.17) is 5.26 Å². The van der Waals surface area contributed by atoms with Crippen LogP contribution in [0.25, 0.3) is 0 Å². The molecule has 2 rings (SSSR count). The fourth-order valence-corrected chi connectivity index (χ4v) is 2.83. The number of nitrogens with one attached hydrogen (secondary N) is 1. The number of rotatable bonds is 2. The third-order valence-corrected chi connectivity index (χ3v) is 3.44. The summed E-state index contributed by atoms with van der Waals surface area (Å²) in [6.07, 6.45) is 7.35. The zero-order valence-electron chi connectivity index (χ0n) is 8.34. The first kappa shape index (κ1) is 9.02. The molecule has 0 spiro atoms. The largest absolute Gasteiger partial charge is 0.297 e. The molecule has 13 heavy (non-hydrogen) atoms. The summed E-state index contributed by atoms with van der Waals surface area (Å²) < 4.78 is 0. The van der Waals surface area contributed by atoms with E-state index in [-0.39, 0.29) is 5.54 Å². The van der Waals surface area contributed by atoms with Crippen LogP contribution in [0.15, 0.2) is 0 Å². The Labute approximate surface area is 80.3 Å². The second kappa shape index (κ2) is 3.31. The van der Waals surface area contributed by atoms with Gasteiger partial charge in [-0.3, -0.25) is 5.32 Å². The van der Waals surface area contributed by atoms with Gasteiger partial charge in [0.25, 0.3) is 0 Å². The van der Waals surface area contributed by atoms with Crippen LogP contribution in [-0.2, 0) is 0 Å². The van der Waals surface area contributed by atoms with Crippen molar-refractivity contribution < 1.29 is 0 Å². The van der Waals surface area contributed by atoms with Crippen LogP contribution in [0.3, 0.4) is 0 Å². The van der Waals surface area contributed by atoms with Crippen molar-refractivity contribution in [2.24, 2.45) is 5.92 Å². The third kappa shape index (κ3) is 1.71. The van der Waals surface area contributed by atoms with Gasteiger partial charge in [0.15, 0.2) is 0 Å². The van der Waals surface area contributed by atoms with Gasteiger partial charge in [-0.15, -0.1) is 0 Å². The highest BCUT2D eigenvalue weighted by Crippen LogP contribution is 2.38. The molecule has 0 aliphatic heterocycles. The molecule has 0 radical (unpaired) electrons. The molecule has 2 heteroatoms. The molecule has 0 aromatic heterocycles. The molecule has 0 unspecified atom stereocenters. The van der Waals surface area contributed by atoms with Gasteiger partial charge in [0, 0.05) is 6.04 Å². The van der Waals surface area contributed by atoms with Gasteiger partial charge in [-0.2, -0.15) is 5.26 Å². The summed E-state index contributed by atoms with van der Waals surface area (Å²) >= 11 is 0. The Bertz CT molecular complexity index is 217. The van der Waals surface area contributed by atoms with Crippen LogP contribution in [0.5, 0.6) is 0 Å². The van der Waals surface area contributed by atoms with Gasteiger partial charge in [-0.25, -0.2) is 0 Å². The first-order valence-corrected chi connectivity index (χ1v) is 5.43. The molecule has 0 amide bonds. The third-order valence-electron chi connectivity index (χ3n) is 3.44. The van der Waals surface area contributed by atoms with Gasteiger partial charge in [-0.1, -0.05) is 19.8 Å². The molecule has 1 N–H and O–H groups in total. The molecule has 0 heterocycles. The first-order chi connectivity index (χ1) is 6.24. The molecular weight excluding hydrogens is 160 g/mol. The molecule has 0 saturated heterocycles. The zero-order valence-corrected chi connectivity index (χ0v) is 8.34. The Hall–Kier alpha value is -0.550. The number of hydrogen-bond acceptors (Lipinski definition) is 2. The van der Waals surface area contributed by atoms with Crippen molar-refractivity contribution in [3.05, 3.63) is 0 Å². The lowest BCUT2D eigenvalue weighted by atomic mass is 9.69. The predicted molar refractivity (Wildman–Crippen MR) is 52.1 cm³/mol. The van der Waals surface area contributed by atoms with Crippen molar-refractivity contribution in [1.82, 2.24) is 5.32 Å². The Balaban J connectivity index is 1.88. The summed E-state index contributed by atoms with van der Waals surface area (Å²) in [6, 6.07) is 3.09. The van der Waals surface area contributed by atoms with Crippen molar-refractivity contribution in [3.63, 3.8) is 0 Å². The molecule has 2 nitrogen and oxygen atoms in total. The normalized spacial score (nSPS) is 39.8. The maximum absolute atomic E-state index is 9.10. The lowest BCUT2D eigenvalue weighted by Gasteiger charge is -2.43. The van der Waals surface area contributed by atoms with Crippen LogP contribution in [0, 0.1) is 17.2 Å². The molecule has 2 saturated carbocycles. The molecule has 0 bridgehead atoms. The minimum absolute atomic E-state index is 0.144. The maximum atomic E-state index is 9.10. The molecule has 2 aliphatic carbocycles. The van der Waals surface area contributed by atoms with Crippen LogP contribution in [-0.4, -0.2) is 11.6 Å². The highest BCUT2D eigenvalue weighted by molar-refractivity contribution is 5.15. The Morgan fingerprint density at radius 3 is 2.38 bits per heavy atom. The summed E-state index contributed by atoms with van der Waals surface area (Å²) in [5.41, 5.74) is -0.144. The van der Waals surface area contributed by atoms with Crippen molar-refractivity contribution in [1.29, 1.82) is 5.26 Å². The van der Waals surface area contributed by atoms with E-state index in [0.717, 1.165) is 18.8 Å². The highest BCUT2D eigenvalue weighted by atomic mass is 15.0. The first-order valence-electron chi connectivity index (χ1n) is 5.43. The standard InChI is InChI=1S/C11H18N2/c1-9-6-11(7-9,8-12)13-10-4-2-3-5-10/h9-10,13H,2-7H2,1H3. The maximum Gasteiger partial charge on any atom is 0.107 e. The molecule has 2 aliphatic rings. The molecular formula is C11H18N2. The van der Waals surface area contributed by atoms with Crippen LogP contribution < -0.4 is 5.32 Å². The van der Waals surface area contributed by atoms with Gasteiger partial charge >= 0.3 is 0 Å². The Kier molecular flexibility index (Phi) is 2.29. The minimum Gasteiger partial charge on any atom is -0.297 e. The van der Waals surface area contributed by atoms with E-state index < -0.39 is 0 Å². The Morgan fingerprint density at radius 1 is 1.31 bits per heavy atom. The fraction of sp³-hybridized carbons (Fsp3) is 0.909. The molecule has 0 aromatic rings. The average molecular weight is 178 g/mol. The predicted octanol–water partition coefficient (Wildman–Crippen LogP) is 2.21. The summed E-state index contributed by atoms with van der Waals surface area (Å²) in [7, 11) is 0. The van der Waals surface area contributed by atoms with Crippen molar-refractivity contribution >= 4 is 0 Å². The SMILES string of the molecule is CC1CC(C#N)(NC2CCCC2)C1.